The Hall–Kier alpha value is -3.52. The summed E-state index contributed by atoms with van der Waals surface area (Å²) in [6.45, 7) is 3.63. The van der Waals surface area contributed by atoms with E-state index < -0.39 is 5.56 Å². The largest absolute Gasteiger partial charge is 0.324 e. The lowest BCUT2D eigenvalue weighted by Gasteiger charge is -2.08. The summed E-state index contributed by atoms with van der Waals surface area (Å²) < 4.78 is 2.70. The summed E-state index contributed by atoms with van der Waals surface area (Å²) in [6, 6.07) is 12.8. The molecule has 2 aromatic heterocycles. The number of rotatable bonds is 4. The van der Waals surface area contributed by atoms with Crippen LogP contribution in [0.15, 0.2) is 53.6 Å². The summed E-state index contributed by atoms with van der Waals surface area (Å²) in [5.74, 6) is -0.376. The normalized spacial score (nSPS) is 11.0. The third-order valence-corrected chi connectivity index (χ3v) is 4.85. The van der Waals surface area contributed by atoms with Crippen molar-refractivity contribution in [2.45, 2.75) is 20.4 Å². The fourth-order valence-corrected chi connectivity index (χ4v) is 3.10. The van der Waals surface area contributed by atoms with Gasteiger partial charge in [0.1, 0.15) is 12.9 Å². The van der Waals surface area contributed by atoms with E-state index in [0.29, 0.717) is 16.4 Å². The second kappa shape index (κ2) is 7.48. The van der Waals surface area contributed by atoms with Crippen molar-refractivity contribution in [3.05, 3.63) is 75.3 Å². The van der Waals surface area contributed by atoms with Crippen LogP contribution < -0.4 is 10.9 Å². The van der Waals surface area contributed by atoms with Crippen LogP contribution in [0.5, 0.6) is 0 Å². The van der Waals surface area contributed by atoms with Gasteiger partial charge in [-0.25, -0.2) is 4.98 Å². The molecule has 0 unspecified atom stereocenters. The number of nitrogens with zero attached hydrogens (tertiary/aromatic N) is 5. The van der Waals surface area contributed by atoms with E-state index in [1.165, 1.54) is 15.6 Å². The molecular formula is C20H17ClN6O2. The number of aryl methyl sites for hydroxylation is 2. The maximum absolute atomic E-state index is 12.7. The van der Waals surface area contributed by atoms with Gasteiger partial charge in [-0.3, -0.25) is 14.2 Å². The molecule has 8 nitrogen and oxygen atoms in total. The molecule has 2 aromatic carbocycles. The van der Waals surface area contributed by atoms with Gasteiger partial charge in [-0.05, 0) is 49.2 Å². The van der Waals surface area contributed by atoms with Gasteiger partial charge in [-0.1, -0.05) is 35.0 Å². The number of amides is 1. The third-order valence-electron chi connectivity index (χ3n) is 4.45. The van der Waals surface area contributed by atoms with Crippen LogP contribution in [0.3, 0.4) is 0 Å². The number of carbonyl (C=O) groups is 1. The van der Waals surface area contributed by atoms with Gasteiger partial charge in [0, 0.05) is 10.7 Å². The fraction of sp³-hybridized carbons (Fsp3) is 0.150. The van der Waals surface area contributed by atoms with Gasteiger partial charge in [-0.15, -0.1) is 5.10 Å². The molecule has 0 saturated heterocycles. The predicted molar refractivity (Wildman–Crippen MR) is 110 cm³/mol. The minimum absolute atomic E-state index is 0.0974. The highest BCUT2D eigenvalue weighted by molar-refractivity contribution is 6.31. The molecule has 0 fully saturated rings. The molecule has 2 heterocycles. The highest BCUT2D eigenvalue weighted by Gasteiger charge is 2.15. The van der Waals surface area contributed by atoms with E-state index in [1.807, 2.05) is 38.1 Å². The topological polar surface area (TPSA) is 94.7 Å². The average molecular weight is 409 g/mol. The van der Waals surface area contributed by atoms with Crippen LogP contribution in [-0.4, -0.2) is 30.5 Å². The van der Waals surface area contributed by atoms with Crippen LogP contribution in [0.4, 0.5) is 5.69 Å². The number of aromatic nitrogens is 5. The lowest BCUT2D eigenvalue weighted by molar-refractivity contribution is -0.116. The molecule has 1 amide bonds. The van der Waals surface area contributed by atoms with Gasteiger partial charge in [0.25, 0.3) is 5.56 Å². The molecule has 0 aliphatic carbocycles. The van der Waals surface area contributed by atoms with E-state index >= 15 is 0 Å². The number of fused-ring (bicyclic) bond motifs is 1. The van der Waals surface area contributed by atoms with Gasteiger partial charge in [-0.2, -0.15) is 4.68 Å². The van der Waals surface area contributed by atoms with Crippen LogP contribution in [0.25, 0.3) is 16.9 Å². The molecule has 146 valence electrons. The molecule has 0 radical (unpaired) electrons. The Morgan fingerprint density at radius 2 is 2.00 bits per heavy atom. The molecule has 4 aromatic rings. The number of halogens is 1. The maximum atomic E-state index is 12.7. The molecule has 4 rings (SSSR count). The van der Waals surface area contributed by atoms with E-state index in [2.05, 4.69) is 20.6 Å². The van der Waals surface area contributed by atoms with Crippen molar-refractivity contribution in [2.24, 2.45) is 0 Å². The number of hydrogen-bond donors (Lipinski definition) is 1. The second-order valence-electron chi connectivity index (χ2n) is 6.70. The first kappa shape index (κ1) is 18.8. The lowest BCUT2D eigenvalue weighted by atomic mass is 10.2. The summed E-state index contributed by atoms with van der Waals surface area (Å²) in [5, 5.41) is 11.3. The Morgan fingerprint density at radius 3 is 2.76 bits per heavy atom. The van der Waals surface area contributed by atoms with Crippen LogP contribution in [0.1, 0.15) is 11.1 Å². The zero-order valence-corrected chi connectivity index (χ0v) is 16.5. The van der Waals surface area contributed by atoms with Gasteiger partial charge in [0.15, 0.2) is 11.2 Å². The van der Waals surface area contributed by atoms with Crippen molar-refractivity contribution in [3.8, 4) is 5.69 Å². The van der Waals surface area contributed by atoms with E-state index in [-0.39, 0.29) is 18.0 Å². The first-order valence-electron chi connectivity index (χ1n) is 8.86. The minimum atomic E-state index is -0.439. The molecule has 0 spiro atoms. The van der Waals surface area contributed by atoms with E-state index in [4.69, 9.17) is 11.6 Å². The van der Waals surface area contributed by atoms with Gasteiger partial charge < -0.3 is 5.32 Å². The van der Waals surface area contributed by atoms with E-state index in [9.17, 15) is 9.59 Å². The summed E-state index contributed by atoms with van der Waals surface area (Å²) in [5.41, 5.74) is 3.26. The third kappa shape index (κ3) is 3.74. The Balaban J connectivity index is 1.60. The van der Waals surface area contributed by atoms with Crippen LogP contribution in [0, 0.1) is 13.8 Å². The molecule has 0 atom stereocenters. The second-order valence-corrected chi connectivity index (χ2v) is 7.11. The molecule has 29 heavy (non-hydrogen) atoms. The molecule has 9 heteroatoms. The van der Waals surface area contributed by atoms with Crippen LogP contribution in [-0.2, 0) is 11.3 Å². The standard InChI is InChI=1S/C20H17ClN6O2/c1-12-4-3-5-15(8-12)27-19-18(24-25-27)20(29)26(11-22-19)10-17(28)23-14-7-6-13(2)16(21)9-14/h3-9,11H,10H2,1-2H3,(H,23,28). The quantitative estimate of drug-likeness (QED) is 0.560. The van der Waals surface area contributed by atoms with Crippen molar-refractivity contribution in [1.29, 1.82) is 0 Å². The van der Waals surface area contributed by atoms with Crippen LogP contribution >= 0.6 is 11.6 Å². The van der Waals surface area contributed by atoms with Crippen molar-refractivity contribution >= 4 is 34.4 Å². The number of nitrogens with one attached hydrogen (secondary N) is 1. The van der Waals surface area contributed by atoms with Crippen molar-refractivity contribution in [2.75, 3.05) is 5.32 Å². The number of hydrogen-bond acceptors (Lipinski definition) is 5. The maximum Gasteiger partial charge on any atom is 0.284 e. The summed E-state index contributed by atoms with van der Waals surface area (Å²) >= 11 is 6.08. The van der Waals surface area contributed by atoms with E-state index in [1.54, 1.807) is 18.2 Å². The minimum Gasteiger partial charge on any atom is -0.324 e. The van der Waals surface area contributed by atoms with Crippen molar-refractivity contribution < 1.29 is 4.79 Å². The first-order chi connectivity index (χ1) is 13.9. The average Bonchev–Trinajstić information content (AvgIpc) is 3.12. The number of anilines is 1. The summed E-state index contributed by atoms with van der Waals surface area (Å²) in [6.07, 6.45) is 1.32. The Morgan fingerprint density at radius 1 is 1.17 bits per heavy atom. The zero-order chi connectivity index (χ0) is 20.5. The molecular weight excluding hydrogens is 392 g/mol. The highest BCUT2D eigenvalue weighted by Crippen LogP contribution is 2.20. The van der Waals surface area contributed by atoms with Gasteiger partial charge in [0.05, 0.1) is 5.69 Å². The Bertz CT molecular complexity index is 1290. The Kier molecular flexibility index (Phi) is 4.85. The lowest BCUT2D eigenvalue weighted by Crippen LogP contribution is -2.28. The molecule has 0 aliphatic heterocycles. The zero-order valence-electron chi connectivity index (χ0n) is 15.8. The van der Waals surface area contributed by atoms with Crippen molar-refractivity contribution in [1.82, 2.24) is 24.5 Å². The van der Waals surface area contributed by atoms with Gasteiger partial charge >= 0.3 is 0 Å². The summed E-state index contributed by atoms with van der Waals surface area (Å²) in [7, 11) is 0. The highest BCUT2D eigenvalue weighted by atomic mass is 35.5. The number of carbonyl (C=O) groups excluding carboxylic acids is 1. The summed E-state index contributed by atoms with van der Waals surface area (Å²) in [4.78, 5) is 29.4. The van der Waals surface area contributed by atoms with E-state index in [0.717, 1.165) is 16.8 Å². The Labute approximate surface area is 170 Å². The molecule has 0 bridgehead atoms. The molecule has 0 aliphatic rings. The first-order valence-corrected chi connectivity index (χ1v) is 9.24. The van der Waals surface area contributed by atoms with Gasteiger partial charge in [0.2, 0.25) is 5.91 Å². The SMILES string of the molecule is Cc1cccc(-n2nnc3c(=O)n(CC(=O)Nc4ccc(C)c(Cl)c4)cnc32)c1. The van der Waals surface area contributed by atoms with Crippen LogP contribution in [0.2, 0.25) is 5.02 Å². The molecule has 1 N–H and O–H groups in total. The smallest absolute Gasteiger partial charge is 0.284 e. The molecule has 0 saturated carbocycles. The number of benzene rings is 2. The predicted octanol–water partition coefficient (Wildman–Crippen LogP) is 2.89. The fourth-order valence-electron chi connectivity index (χ4n) is 2.92. The van der Waals surface area contributed by atoms with Crippen molar-refractivity contribution in [3.63, 3.8) is 0 Å². The monoisotopic (exact) mass is 408 g/mol.